The number of hydrogen-bond acceptors (Lipinski definition) is 5. The van der Waals surface area contributed by atoms with Gasteiger partial charge in [0, 0.05) is 31.3 Å². The van der Waals surface area contributed by atoms with E-state index >= 15 is 0 Å². The highest BCUT2D eigenvalue weighted by molar-refractivity contribution is 5.68. The highest BCUT2D eigenvalue weighted by atomic mass is 16.7. The molecule has 1 atom stereocenters. The minimum absolute atomic E-state index is 0.428. The molecule has 6 nitrogen and oxygen atoms in total. The molecular formula is C16H18N2O4. The Morgan fingerprint density at radius 2 is 2.23 bits per heavy atom. The minimum Gasteiger partial charge on any atom is -0.415 e. The van der Waals surface area contributed by atoms with Crippen molar-refractivity contribution in [2.75, 3.05) is 20.7 Å². The van der Waals surface area contributed by atoms with Crippen LogP contribution in [0.1, 0.15) is 23.8 Å². The molecule has 22 heavy (non-hydrogen) atoms. The first-order chi connectivity index (χ1) is 10.7. The Kier molecular flexibility index (Phi) is 4.11. The maximum absolute atomic E-state index is 11.8. The summed E-state index contributed by atoms with van der Waals surface area (Å²) < 4.78 is 16.4. The molecule has 1 aliphatic heterocycles. The van der Waals surface area contributed by atoms with Crippen LogP contribution in [0.3, 0.4) is 0 Å². The average Bonchev–Trinajstić information content (AvgIpc) is 2.96. The predicted octanol–water partition coefficient (Wildman–Crippen LogP) is 3.00. The largest absolute Gasteiger partial charge is 0.415 e. The van der Waals surface area contributed by atoms with E-state index in [2.05, 4.69) is 5.16 Å². The van der Waals surface area contributed by atoms with Gasteiger partial charge in [-0.2, -0.15) is 0 Å². The Balaban J connectivity index is 1.99. The summed E-state index contributed by atoms with van der Waals surface area (Å²) in [5, 5.41) is 3.76. The maximum atomic E-state index is 11.8. The molecule has 2 heterocycles. The van der Waals surface area contributed by atoms with Crippen molar-refractivity contribution >= 4 is 6.09 Å². The summed E-state index contributed by atoms with van der Waals surface area (Å²) in [6, 6.07) is 7.63. The quantitative estimate of drug-likeness (QED) is 0.853. The van der Waals surface area contributed by atoms with Crippen LogP contribution in [-0.2, 0) is 15.9 Å². The van der Waals surface area contributed by atoms with Gasteiger partial charge in [0.1, 0.15) is 0 Å². The fourth-order valence-electron chi connectivity index (χ4n) is 2.51. The third-order valence-electron chi connectivity index (χ3n) is 3.58. The maximum Gasteiger partial charge on any atom is 0.411 e. The molecule has 0 spiro atoms. The summed E-state index contributed by atoms with van der Waals surface area (Å²) in [4.78, 5) is 13.2. The summed E-state index contributed by atoms with van der Waals surface area (Å²) in [5.41, 5.74) is 2.90. The van der Waals surface area contributed by atoms with Gasteiger partial charge in [-0.3, -0.25) is 0 Å². The summed E-state index contributed by atoms with van der Waals surface area (Å²) in [7, 11) is 3.29. The third-order valence-corrected chi connectivity index (χ3v) is 3.58. The molecule has 0 saturated heterocycles. The molecule has 1 amide bonds. The molecule has 116 valence electrons. The number of aromatic nitrogens is 1. The normalized spacial score (nSPS) is 17.5. The van der Waals surface area contributed by atoms with Crippen LogP contribution in [-0.4, -0.2) is 36.9 Å². The number of carbonyl (C=O) groups excluding carboxylic acids is 1. The first-order valence-electron chi connectivity index (χ1n) is 7.19. The molecule has 1 unspecified atom stereocenters. The van der Waals surface area contributed by atoms with Crippen LogP contribution in [0.15, 0.2) is 35.0 Å². The number of ether oxygens (including phenoxy) is 2. The number of fused-ring (bicyclic) bond motifs is 1. The molecule has 2 aromatic rings. The topological polar surface area (TPSA) is 64.8 Å². The Morgan fingerprint density at radius 1 is 1.36 bits per heavy atom. The smallest absolute Gasteiger partial charge is 0.411 e. The van der Waals surface area contributed by atoms with Crippen LogP contribution < -0.4 is 0 Å². The predicted molar refractivity (Wildman–Crippen MR) is 79.1 cm³/mol. The van der Waals surface area contributed by atoms with E-state index in [0.29, 0.717) is 12.4 Å². The van der Waals surface area contributed by atoms with Gasteiger partial charge in [-0.1, -0.05) is 23.4 Å². The van der Waals surface area contributed by atoms with Crippen molar-refractivity contribution in [2.45, 2.75) is 19.1 Å². The molecule has 0 fully saturated rings. The molecule has 0 radical (unpaired) electrons. The van der Waals surface area contributed by atoms with Crippen molar-refractivity contribution in [3.05, 3.63) is 41.6 Å². The number of benzene rings is 1. The number of amides is 1. The van der Waals surface area contributed by atoms with Crippen LogP contribution in [0.5, 0.6) is 0 Å². The standard InChI is InChI=1S/C16H18N2O4/c1-18(2)16(19)21-15-13-6-3-5-12(14-8-9-17-22-14)11(13)7-4-10-20-15/h3,5-6,8-9,15H,4,7,10H2,1-2H3. The number of carbonyl (C=O) groups is 1. The van der Waals surface area contributed by atoms with Crippen molar-refractivity contribution in [3.63, 3.8) is 0 Å². The molecule has 6 heteroatoms. The van der Waals surface area contributed by atoms with Gasteiger partial charge in [0.2, 0.25) is 6.29 Å². The van der Waals surface area contributed by atoms with E-state index in [1.54, 1.807) is 20.3 Å². The van der Waals surface area contributed by atoms with Crippen LogP contribution in [0.2, 0.25) is 0 Å². The highest BCUT2D eigenvalue weighted by Gasteiger charge is 2.26. The molecule has 0 N–H and O–H groups in total. The van der Waals surface area contributed by atoms with Gasteiger partial charge in [-0.25, -0.2) is 4.79 Å². The lowest BCUT2D eigenvalue weighted by molar-refractivity contribution is -0.111. The molecule has 1 aromatic heterocycles. The molecule has 0 aliphatic carbocycles. The second-order valence-corrected chi connectivity index (χ2v) is 5.33. The third kappa shape index (κ3) is 2.82. The van der Waals surface area contributed by atoms with E-state index in [1.807, 2.05) is 24.3 Å². The minimum atomic E-state index is -0.699. The second-order valence-electron chi connectivity index (χ2n) is 5.33. The Hall–Kier alpha value is -2.34. The van der Waals surface area contributed by atoms with Crippen LogP contribution in [0.25, 0.3) is 11.3 Å². The van der Waals surface area contributed by atoms with Crippen molar-refractivity contribution in [1.82, 2.24) is 10.1 Å². The lowest BCUT2D eigenvalue weighted by atomic mass is 9.96. The Labute approximate surface area is 128 Å². The second kappa shape index (κ2) is 6.19. The number of hydrogen-bond donors (Lipinski definition) is 0. The molecule has 1 aliphatic rings. The first-order valence-corrected chi connectivity index (χ1v) is 7.19. The SMILES string of the molecule is CN(C)C(=O)OC1OCCCc2c(-c3ccno3)cccc21. The zero-order valence-corrected chi connectivity index (χ0v) is 12.6. The Bertz CT molecular complexity index is 652. The monoisotopic (exact) mass is 302 g/mol. The van der Waals surface area contributed by atoms with E-state index in [-0.39, 0.29) is 0 Å². The van der Waals surface area contributed by atoms with Crippen LogP contribution in [0.4, 0.5) is 4.79 Å². The number of rotatable bonds is 2. The van der Waals surface area contributed by atoms with Crippen molar-refractivity contribution in [3.8, 4) is 11.3 Å². The lowest BCUT2D eigenvalue weighted by Gasteiger charge is -2.21. The van der Waals surface area contributed by atoms with E-state index in [9.17, 15) is 4.79 Å². The van der Waals surface area contributed by atoms with E-state index in [1.165, 1.54) is 4.90 Å². The van der Waals surface area contributed by atoms with Crippen molar-refractivity contribution in [1.29, 1.82) is 0 Å². The van der Waals surface area contributed by atoms with E-state index < -0.39 is 12.4 Å². The van der Waals surface area contributed by atoms with Gasteiger partial charge in [0.15, 0.2) is 5.76 Å². The molecule has 1 aromatic carbocycles. The fraction of sp³-hybridized carbons (Fsp3) is 0.375. The lowest BCUT2D eigenvalue weighted by Crippen LogP contribution is -2.25. The van der Waals surface area contributed by atoms with Gasteiger partial charge in [-0.05, 0) is 18.4 Å². The summed E-state index contributed by atoms with van der Waals surface area (Å²) >= 11 is 0. The van der Waals surface area contributed by atoms with Crippen LogP contribution in [0, 0.1) is 0 Å². The van der Waals surface area contributed by atoms with Crippen LogP contribution >= 0.6 is 0 Å². The first kappa shape index (κ1) is 14.6. The fourth-order valence-corrected chi connectivity index (χ4v) is 2.51. The van der Waals surface area contributed by atoms with E-state index in [0.717, 1.165) is 29.5 Å². The Morgan fingerprint density at radius 3 is 2.95 bits per heavy atom. The van der Waals surface area contributed by atoms with Crippen molar-refractivity contribution < 1.29 is 18.8 Å². The summed E-state index contributed by atoms with van der Waals surface area (Å²) in [5.74, 6) is 0.705. The van der Waals surface area contributed by atoms with Gasteiger partial charge in [0.05, 0.1) is 12.8 Å². The van der Waals surface area contributed by atoms with Gasteiger partial charge < -0.3 is 18.9 Å². The summed E-state index contributed by atoms with van der Waals surface area (Å²) in [6.07, 6.45) is 2.18. The molecular weight excluding hydrogens is 284 g/mol. The number of nitrogens with zero attached hydrogens (tertiary/aromatic N) is 2. The zero-order chi connectivity index (χ0) is 15.5. The molecule has 0 saturated carbocycles. The highest BCUT2D eigenvalue weighted by Crippen LogP contribution is 2.34. The zero-order valence-electron chi connectivity index (χ0n) is 12.6. The van der Waals surface area contributed by atoms with Gasteiger partial charge in [0.25, 0.3) is 0 Å². The van der Waals surface area contributed by atoms with Gasteiger partial charge >= 0.3 is 6.09 Å². The van der Waals surface area contributed by atoms with Crippen molar-refractivity contribution in [2.24, 2.45) is 0 Å². The average molecular weight is 302 g/mol. The summed E-state index contributed by atoms with van der Waals surface area (Å²) in [6.45, 7) is 0.538. The van der Waals surface area contributed by atoms with Gasteiger partial charge in [-0.15, -0.1) is 0 Å². The van der Waals surface area contributed by atoms with E-state index in [4.69, 9.17) is 14.0 Å². The molecule has 0 bridgehead atoms. The molecule has 3 rings (SSSR count).